The fraction of sp³-hybridized carbons (Fsp3) is 0.667. The zero-order chi connectivity index (χ0) is 19.3. The van der Waals surface area contributed by atoms with E-state index in [4.69, 9.17) is 9.47 Å². The van der Waals surface area contributed by atoms with E-state index in [0.717, 1.165) is 44.4 Å². The summed E-state index contributed by atoms with van der Waals surface area (Å²) in [6, 6.07) is 9.00. The van der Waals surface area contributed by atoms with Crippen LogP contribution in [0.5, 0.6) is 5.75 Å². The minimum atomic E-state index is -0.201. The number of para-hydroxylation sites is 1. The highest BCUT2D eigenvalue weighted by Crippen LogP contribution is 2.39. The van der Waals surface area contributed by atoms with Crippen LogP contribution in [0, 0.1) is 0 Å². The van der Waals surface area contributed by atoms with Crippen molar-refractivity contribution in [2.24, 2.45) is 4.99 Å². The molecule has 1 aromatic rings. The Bertz CT molecular complexity index is 647. The van der Waals surface area contributed by atoms with Gasteiger partial charge in [0, 0.05) is 45.3 Å². The lowest BCUT2D eigenvalue weighted by atomic mass is 9.90. The van der Waals surface area contributed by atoms with Gasteiger partial charge in [-0.25, -0.2) is 0 Å². The number of likely N-dealkylation sites (tertiary alicyclic amines) is 1. The summed E-state index contributed by atoms with van der Waals surface area (Å²) in [6.07, 6.45) is 3.37. The van der Waals surface area contributed by atoms with Crippen LogP contribution in [0.15, 0.2) is 29.3 Å². The Morgan fingerprint density at radius 1 is 1.37 bits per heavy atom. The van der Waals surface area contributed by atoms with Gasteiger partial charge in [-0.05, 0) is 39.3 Å². The number of nitrogens with one attached hydrogen (secondary N) is 2. The van der Waals surface area contributed by atoms with Gasteiger partial charge in [-0.2, -0.15) is 0 Å². The highest BCUT2D eigenvalue weighted by Gasteiger charge is 2.34. The molecule has 2 atom stereocenters. The molecule has 2 heterocycles. The molecule has 0 aromatic heterocycles. The Morgan fingerprint density at radius 3 is 2.96 bits per heavy atom. The van der Waals surface area contributed by atoms with Crippen LogP contribution in [0.3, 0.4) is 0 Å². The Morgan fingerprint density at radius 2 is 2.19 bits per heavy atom. The summed E-state index contributed by atoms with van der Waals surface area (Å²) in [5.41, 5.74) is 0.996. The Balaban J connectivity index is 1.60. The number of hydrogen-bond donors (Lipinski definition) is 2. The van der Waals surface area contributed by atoms with E-state index in [-0.39, 0.29) is 11.6 Å². The molecule has 3 rings (SSSR count). The number of nitrogens with zero attached hydrogens (tertiary/aromatic N) is 2. The SMILES string of the molecule is CN=C(NCC1CCCN1CCOC)NC1CC(C)(C)Oc2ccccc21. The van der Waals surface area contributed by atoms with Gasteiger partial charge in [0.2, 0.25) is 0 Å². The first-order valence-corrected chi connectivity index (χ1v) is 10.0. The van der Waals surface area contributed by atoms with E-state index in [1.54, 1.807) is 7.11 Å². The monoisotopic (exact) mass is 374 g/mol. The quantitative estimate of drug-likeness (QED) is 0.592. The first-order valence-electron chi connectivity index (χ1n) is 10.0. The standard InChI is InChI=1S/C21H34N4O2/c1-21(2)14-18(17-9-5-6-10-19(17)27-21)24-20(22-3)23-15-16-8-7-11-25(16)12-13-26-4/h5-6,9-10,16,18H,7-8,11-15H2,1-4H3,(H2,22,23,24). The van der Waals surface area contributed by atoms with E-state index in [9.17, 15) is 0 Å². The number of methoxy groups -OCH3 is 1. The number of guanidine groups is 1. The van der Waals surface area contributed by atoms with Crippen molar-refractivity contribution in [3.63, 3.8) is 0 Å². The van der Waals surface area contributed by atoms with Crippen LogP contribution >= 0.6 is 0 Å². The Labute approximate surface area is 163 Å². The first kappa shape index (κ1) is 20.0. The summed E-state index contributed by atoms with van der Waals surface area (Å²) >= 11 is 0. The molecule has 1 fully saturated rings. The molecular formula is C21H34N4O2. The number of aliphatic imine (C=N–C) groups is 1. The summed E-state index contributed by atoms with van der Waals surface area (Å²) in [5, 5.41) is 7.15. The van der Waals surface area contributed by atoms with Gasteiger partial charge in [0.15, 0.2) is 5.96 Å². The number of rotatable bonds is 6. The van der Waals surface area contributed by atoms with Gasteiger partial charge in [0.05, 0.1) is 12.6 Å². The van der Waals surface area contributed by atoms with E-state index in [2.05, 4.69) is 46.5 Å². The van der Waals surface area contributed by atoms with Crippen molar-refractivity contribution in [1.29, 1.82) is 0 Å². The first-order chi connectivity index (χ1) is 13.0. The van der Waals surface area contributed by atoms with Crippen LogP contribution < -0.4 is 15.4 Å². The molecule has 150 valence electrons. The molecule has 1 aromatic carbocycles. The molecule has 2 aliphatic heterocycles. The van der Waals surface area contributed by atoms with Crippen molar-refractivity contribution in [2.75, 3.05) is 40.4 Å². The van der Waals surface area contributed by atoms with E-state index in [1.807, 2.05) is 19.2 Å². The lowest BCUT2D eigenvalue weighted by Gasteiger charge is -2.38. The molecule has 6 nitrogen and oxygen atoms in total. The second-order valence-electron chi connectivity index (χ2n) is 8.08. The third kappa shape index (κ3) is 5.14. The van der Waals surface area contributed by atoms with Gasteiger partial charge in [-0.15, -0.1) is 0 Å². The second-order valence-corrected chi connectivity index (χ2v) is 8.08. The Hall–Kier alpha value is -1.79. The molecule has 0 aliphatic carbocycles. The average Bonchev–Trinajstić information content (AvgIpc) is 3.09. The minimum Gasteiger partial charge on any atom is -0.487 e. The number of hydrogen-bond acceptors (Lipinski definition) is 4. The normalized spacial score (nSPS) is 25.0. The lowest BCUT2D eigenvalue weighted by molar-refractivity contribution is 0.0694. The molecule has 0 saturated carbocycles. The lowest BCUT2D eigenvalue weighted by Crippen LogP contribution is -2.48. The molecule has 0 amide bonds. The van der Waals surface area contributed by atoms with Crippen molar-refractivity contribution in [3.05, 3.63) is 29.8 Å². The number of benzene rings is 1. The molecule has 1 saturated heterocycles. The van der Waals surface area contributed by atoms with Gasteiger partial charge in [0.1, 0.15) is 11.4 Å². The minimum absolute atomic E-state index is 0.185. The summed E-state index contributed by atoms with van der Waals surface area (Å²) in [4.78, 5) is 6.97. The van der Waals surface area contributed by atoms with Gasteiger partial charge >= 0.3 is 0 Å². The molecule has 2 N–H and O–H groups in total. The molecule has 2 aliphatic rings. The maximum absolute atomic E-state index is 6.14. The van der Waals surface area contributed by atoms with Crippen molar-refractivity contribution >= 4 is 5.96 Å². The van der Waals surface area contributed by atoms with Gasteiger partial charge < -0.3 is 20.1 Å². The second kappa shape index (κ2) is 8.93. The molecule has 0 bridgehead atoms. The van der Waals surface area contributed by atoms with Crippen molar-refractivity contribution in [1.82, 2.24) is 15.5 Å². The Kier molecular flexibility index (Phi) is 6.60. The fourth-order valence-electron chi connectivity index (χ4n) is 4.13. The zero-order valence-electron chi connectivity index (χ0n) is 17.1. The van der Waals surface area contributed by atoms with Crippen LogP contribution in [0.1, 0.15) is 44.7 Å². The summed E-state index contributed by atoms with van der Waals surface area (Å²) in [5.74, 6) is 1.81. The van der Waals surface area contributed by atoms with Gasteiger partial charge in [0.25, 0.3) is 0 Å². The zero-order valence-corrected chi connectivity index (χ0v) is 17.1. The highest BCUT2D eigenvalue weighted by atomic mass is 16.5. The molecule has 2 unspecified atom stereocenters. The summed E-state index contributed by atoms with van der Waals surface area (Å²) in [7, 11) is 3.60. The predicted molar refractivity (Wildman–Crippen MR) is 109 cm³/mol. The molecule has 27 heavy (non-hydrogen) atoms. The van der Waals surface area contributed by atoms with E-state index in [0.29, 0.717) is 6.04 Å². The van der Waals surface area contributed by atoms with Crippen molar-refractivity contribution in [3.8, 4) is 5.75 Å². The van der Waals surface area contributed by atoms with E-state index < -0.39 is 0 Å². The largest absolute Gasteiger partial charge is 0.487 e. The van der Waals surface area contributed by atoms with Crippen molar-refractivity contribution < 1.29 is 9.47 Å². The molecular weight excluding hydrogens is 340 g/mol. The number of ether oxygens (including phenoxy) is 2. The van der Waals surface area contributed by atoms with Crippen LogP contribution in [0.25, 0.3) is 0 Å². The van der Waals surface area contributed by atoms with Crippen LogP contribution in [-0.4, -0.2) is 62.9 Å². The number of fused-ring (bicyclic) bond motifs is 1. The fourth-order valence-corrected chi connectivity index (χ4v) is 4.13. The van der Waals surface area contributed by atoms with E-state index in [1.165, 1.54) is 18.4 Å². The maximum Gasteiger partial charge on any atom is 0.191 e. The van der Waals surface area contributed by atoms with Crippen LogP contribution in [-0.2, 0) is 4.74 Å². The average molecular weight is 375 g/mol. The van der Waals surface area contributed by atoms with Gasteiger partial charge in [-0.1, -0.05) is 18.2 Å². The predicted octanol–water partition coefficient (Wildman–Crippen LogP) is 2.56. The van der Waals surface area contributed by atoms with Gasteiger partial charge in [-0.3, -0.25) is 9.89 Å². The van der Waals surface area contributed by atoms with Crippen molar-refractivity contribution in [2.45, 2.75) is 50.8 Å². The molecule has 0 radical (unpaired) electrons. The molecule has 0 spiro atoms. The van der Waals surface area contributed by atoms with Crippen LogP contribution in [0.2, 0.25) is 0 Å². The smallest absolute Gasteiger partial charge is 0.191 e. The highest BCUT2D eigenvalue weighted by molar-refractivity contribution is 5.80. The van der Waals surface area contributed by atoms with E-state index >= 15 is 0 Å². The third-order valence-electron chi connectivity index (χ3n) is 5.50. The maximum atomic E-state index is 6.14. The topological polar surface area (TPSA) is 58.1 Å². The summed E-state index contributed by atoms with van der Waals surface area (Å²) < 4.78 is 11.4. The summed E-state index contributed by atoms with van der Waals surface area (Å²) in [6.45, 7) is 8.12. The molecule has 6 heteroatoms. The third-order valence-corrected chi connectivity index (χ3v) is 5.50. The van der Waals surface area contributed by atoms with Crippen LogP contribution in [0.4, 0.5) is 0 Å².